The van der Waals surface area contributed by atoms with Crippen LogP contribution in [0.2, 0.25) is 0 Å². The van der Waals surface area contributed by atoms with Gasteiger partial charge in [0.15, 0.2) is 0 Å². The van der Waals surface area contributed by atoms with Crippen LogP contribution in [0.5, 0.6) is 0 Å². The first-order valence-corrected chi connectivity index (χ1v) is 33.7. The van der Waals surface area contributed by atoms with Gasteiger partial charge in [-0.1, -0.05) is 307 Å². The van der Waals surface area contributed by atoms with Crippen molar-refractivity contribution in [2.75, 3.05) is 13.2 Å². The van der Waals surface area contributed by atoms with Crippen LogP contribution in [-0.2, 0) is 14.3 Å². The number of ether oxygens (including phenoxy) is 1. The van der Waals surface area contributed by atoms with Gasteiger partial charge in [0.25, 0.3) is 0 Å². The van der Waals surface area contributed by atoms with Gasteiger partial charge in [-0.05, 0) is 83.5 Å². The summed E-state index contributed by atoms with van der Waals surface area (Å²) in [6.45, 7) is 4.95. The number of amides is 1. The molecule has 0 heterocycles. The van der Waals surface area contributed by atoms with Crippen molar-refractivity contribution in [3.63, 3.8) is 0 Å². The van der Waals surface area contributed by atoms with Gasteiger partial charge in [0, 0.05) is 12.8 Å². The number of aliphatic hydroxyl groups is 2. The average Bonchev–Trinajstić information content (AvgIpc) is 3.41. The van der Waals surface area contributed by atoms with E-state index in [1.807, 2.05) is 0 Å². The molecule has 3 N–H and O–H groups in total. The molecule has 0 aliphatic carbocycles. The quantitative estimate of drug-likeness (QED) is 0.0320. The minimum atomic E-state index is -0.671. The van der Waals surface area contributed by atoms with Crippen LogP contribution in [0, 0.1) is 0 Å². The number of aliphatic hydroxyl groups excluding tert-OH is 2. The Morgan fingerprint density at radius 1 is 0.373 bits per heavy atom. The summed E-state index contributed by atoms with van der Waals surface area (Å²) in [5, 5.41) is 23.4. The SMILES string of the molecule is CCCCCC/C=C\C/C=C\CCCCCCCCCC(=O)OCCCCCCCCCCCC/C=C\CCCCCCCCCC(=O)NC(CO)C(O)CCCCCCCCCCCCCCCCCCCCC. The zero-order valence-electron chi connectivity index (χ0n) is 50.5. The zero-order valence-corrected chi connectivity index (χ0v) is 50.5. The van der Waals surface area contributed by atoms with Crippen molar-refractivity contribution in [3.8, 4) is 0 Å². The lowest BCUT2D eigenvalue weighted by molar-refractivity contribution is -0.143. The number of hydrogen-bond acceptors (Lipinski definition) is 5. The topological polar surface area (TPSA) is 95.9 Å². The zero-order chi connectivity index (χ0) is 54.3. The minimum absolute atomic E-state index is 0.00142. The number of carbonyl (C=O) groups is 2. The molecule has 0 spiro atoms. The van der Waals surface area contributed by atoms with Crippen LogP contribution in [0.15, 0.2) is 36.5 Å². The maximum atomic E-state index is 12.5. The molecule has 0 bridgehead atoms. The van der Waals surface area contributed by atoms with Gasteiger partial charge >= 0.3 is 5.97 Å². The number of hydrogen-bond donors (Lipinski definition) is 3. The number of allylic oxidation sites excluding steroid dienone is 6. The Morgan fingerprint density at radius 3 is 1.04 bits per heavy atom. The van der Waals surface area contributed by atoms with E-state index < -0.39 is 12.1 Å². The standard InChI is InChI=1S/C69H131NO5/c1-3-5-7-9-11-13-15-17-19-21-26-29-33-37-41-45-49-53-57-61-67(72)66(65-71)70-68(73)62-58-54-50-46-42-38-34-30-27-24-23-25-28-32-36-40-44-48-52-56-60-64-75-69(74)63-59-55-51-47-43-39-35-31-22-20-18-16-14-12-10-8-6-4-2/h14,16,20,22,24,27,66-67,71-72H,3-13,15,17-19,21,23,25-26,28-65H2,1-2H3,(H,70,73)/b16-14-,22-20-,27-24-. The molecular formula is C69H131NO5. The van der Waals surface area contributed by atoms with Crippen molar-refractivity contribution in [1.82, 2.24) is 5.32 Å². The Morgan fingerprint density at radius 2 is 0.667 bits per heavy atom. The summed E-state index contributed by atoms with van der Waals surface area (Å²) < 4.78 is 5.49. The molecule has 2 atom stereocenters. The van der Waals surface area contributed by atoms with Crippen LogP contribution in [-0.4, -0.2) is 47.4 Å². The van der Waals surface area contributed by atoms with Crippen molar-refractivity contribution in [2.24, 2.45) is 0 Å². The molecule has 0 aliphatic heterocycles. The molecule has 0 aromatic rings. The van der Waals surface area contributed by atoms with Gasteiger partial charge in [0.1, 0.15) is 0 Å². The molecule has 0 radical (unpaired) electrons. The van der Waals surface area contributed by atoms with Gasteiger partial charge in [-0.15, -0.1) is 0 Å². The summed E-state index contributed by atoms with van der Waals surface area (Å²) >= 11 is 0. The molecule has 0 saturated carbocycles. The van der Waals surface area contributed by atoms with E-state index in [1.54, 1.807) is 0 Å². The van der Waals surface area contributed by atoms with Crippen LogP contribution in [0.4, 0.5) is 0 Å². The summed E-state index contributed by atoms with van der Waals surface area (Å²) in [6.07, 6.45) is 81.6. The Balaban J connectivity index is 3.42. The lowest BCUT2D eigenvalue weighted by Gasteiger charge is -2.22. The van der Waals surface area contributed by atoms with E-state index in [0.717, 1.165) is 51.4 Å². The highest BCUT2D eigenvalue weighted by atomic mass is 16.5. The molecule has 6 heteroatoms. The summed E-state index contributed by atoms with van der Waals surface area (Å²) in [6, 6.07) is -0.548. The van der Waals surface area contributed by atoms with Crippen LogP contribution in [0.3, 0.4) is 0 Å². The molecule has 442 valence electrons. The lowest BCUT2D eigenvalue weighted by atomic mass is 10.0. The van der Waals surface area contributed by atoms with Gasteiger partial charge in [0.2, 0.25) is 5.91 Å². The third kappa shape index (κ3) is 61.2. The van der Waals surface area contributed by atoms with Crippen molar-refractivity contribution in [3.05, 3.63) is 36.5 Å². The van der Waals surface area contributed by atoms with Crippen molar-refractivity contribution < 1.29 is 24.5 Å². The summed E-state index contributed by atoms with van der Waals surface area (Å²) in [4.78, 5) is 24.6. The Bertz CT molecular complexity index is 1210. The van der Waals surface area contributed by atoms with E-state index in [2.05, 4.69) is 55.6 Å². The van der Waals surface area contributed by atoms with E-state index in [1.165, 1.54) is 283 Å². The molecule has 0 aromatic carbocycles. The number of carbonyl (C=O) groups excluding carboxylic acids is 2. The highest BCUT2D eigenvalue weighted by Crippen LogP contribution is 2.18. The number of nitrogens with one attached hydrogen (secondary N) is 1. The Labute approximate surface area is 468 Å². The van der Waals surface area contributed by atoms with Crippen LogP contribution < -0.4 is 5.32 Å². The lowest BCUT2D eigenvalue weighted by Crippen LogP contribution is -2.45. The molecule has 0 rings (SSSR count). The van der Waals surface area contributed by atoms with E-state index >= 15 is 0 Å². The molecule has 0 saturated heterocycles. The average molecular weight is 1050 g/mol. The summed E-state index contributed by atoms with van der Waals surface area (Å²) in [7, 11) is 0. The predicted octanol–water partition coefficient (Wildman–Crippen LogP) is 21.5. The van der Waals surface area contributed by atoms with Crippen LogP contribution in [0.1, 0.15) is 367 Å². The second kappa shape index (κ2) is 64.6. The monoisotopic (exact) mass is 1050 g/mol. The van der Waals surface area contributed by atoms with Gasteiger partial charge in [-0.2, -0.15) is 0 Å². The summed E-state index contributed by atoms with van der Waals surface area (Å²) in [5.74, 6) is -0.0385. The highest BCUT2D eigenvalue weighted by Gasteiger charge is 2.20. The van der Waals surface area contributed by atoms with E-state index in [0.29, 0.717) is 25.9 Å². The molecule has 0 aliphatic rings. The first kappa shape index (κ1) is 73.1. The van der Waals surface area contributed by atoms with E-state index in [9.17, 15) is 19.8 Å². The number of esters is 1. The Hall–Kier alpha value is -1.92. The number of unbranched alkanes of at least 4 members (excludes halogenated alkanes) is 46. The smallest absolute Gasteiger partial charge is 0.305 e. The molecular weight excluding hydrogens is 923 g/mol. The number of rotatable bonds is 63. The fourth-order valence-corrected chi connectivity index (χ4v) is 10.5. The van der Waals surface area contributed by atoms with Gasteiger partial charge in [-0.25, -0.2) is 0 Å². The molecule has 6 nitrogen and oxygen atoms in total. The fraction of sp³-hybridized carbons (Fsp3) is 0.884. The molecule has 0 fully saturated rings. The molecule has 0 aromatic heterocycles. The highest BCUT2D eigenvalue weighted by molar-refractivity contribution is 5.76. The van der Waals surface area contributed by atoms with Crippen molar-refractivity contribution in [2.45, 2.75) is 379 Å². The van der Waals surface area contributed by atoms with Crippen molar-refractivity contribution >= 4 is 11.9 Å². The first-order chi connectivity index (χ1) is 37.0. The van der Waals surface area contributed by atoms with Crippen LogP contribution in [0.25, 0.3) is 0 Å². The van der Waals surface area contributed by atoms with Gasteiger partial charge in [-0.3, -0.25) is 9.59 Å². The second-order valence-corrected chi connectivity index (χ2v) is 23.1. The van der Waals surface area contributed by atoms with Gasteiger partial charge in [0.05, 0.1) is 25.4 Å². The maximum Gasteiger partial charge on any atom is 0.305 e. The Kier molecular flexibility index (Phi) is 63.0. The minimum Gasteiger partial charge on any atom is -0.466 e. The second-order valence-electron chi connectivity index (χ2n) is 23.1. The first-order valence-electron chi connectivity index (χ1n) is 33.7. The third-order valence-corrected chi connectivity index (χ3v) is 15.7. The van der Waals surface area contributed by atoms with E-state index in [-0.39, 0.29) is 18.5 Å². The van der Waals surface area contributed by atoms with E-state index in [4.69, 9.17) is 4.74 Å². The summed E-state index contributed by atoms with van der Waals surface area (Å²) in [5.41, 5.74) is 0. The predicted molar refractivity (Wildman–Crippen MR) is 329 cm³/mol. The third-order valence-electron chi connectivity index (χ3n) is 15.7. The molecule has 2 unspecified atom stereocenters. The fourth-order valence-electron chi connectivity index (χ4n) is 10.5. The molecule has 1 amide bonds. The molecule has 75 heavy (non-hydrogen) atoms. The normalized spacial score (nSPS) is 12.7. The largest absolute Gasteiger partial charge is 0.466 e. The van der Waals surface area contributed by atoms with Crippen LogP contribution >= 0.6 is 0 Å². The maximum absolute atomic E-state index is 12.5. The van der Waals surface area contributed by atoms with Gasteiger partial charge < -0.3 is 20.3 Å². The van der Waals surface area contributed by atoms with Crippen molar-refractivity contribution in [1.29, 1.82) is 0 Å².